The molecule has 2 fully saturated rings. The normalized spacial score (nSPS) is 18.2. The Morgan fingerprint density at radius 2 is 1.67 bits per heavy atom. The third kappa shape index (κ3) is 4.74. The van der Waals surface area contributed by atoms with Crippen LogP contribution in [-0.4, -0.2) is 41.6 Å². The zero-order valence-electron chi connectivity index (χ0n) is 16.5. The summed E-state index contributed by atoms with van der Waals surface area (Å²) in [6.45, 7) is 1.84. The summed E-state index contributed by atoms with van der Waals surface area (Å²) < 4.78 is 0. The summed E-state index contributed by atoms with van der Waals surface area (Å²) in [7, 11) is 0. The van der Waals surface area contributed by atoms with E-state index in [2.05, 4.69) is 22.3 Å². The van der Waals surface area contributed by atoms with Crippen LogP contribution in [0.3, 0.4) is 0 Å². The Hall–Kier alpha value is -3.06. The van der Waals surface area contributed by atoms with Crippen LogP contribution < -0.4 is 10.2 Å². The van der Waals surface area contributed by atoms with Gasteiger partial charge in [-0.2, -0.15) is 0 Å². The number of carbonyl (C=O) groups is 3. The van der Waals surface area contributed by atoms with E-state index in [1.54, 1.807) is 30.3 Å². The molecule has 0 saturated carbocycles. The van der Waals surface area contributed by atoms with Gasteiger partial charge in [0.05, 0.1) is 4.91 Å². The minimum Gasteiger partial charge on any atom is -0.372 e. The second-order valence-electron chi connectivity index (χ2n) is 7.32. The molecule has 2 aromatic rings. The van der Waals surface area contributed by atoms with Gasteiger partial charge < -0.3 is 10.2 Å². The zero-order valence-corrected chi connectivity index (χ0v) is 17.4. The Kier molecular flexibility index (Phi) is 6.18. The van der Waals surface area contributed by atoms with Crippen LogP contribution in [0.1, 0.15) is 24.8 Å². The van der Waals surface area contributed by atoms with E-state index in [-0.39, 0.29) is 6.54 Å². The fraction of sp³-hybridized carbons (Fsp3) is 0.261. The van der Waals surface area contributed by atoms with Gasteiger partial charge in [0.1, 0.15) is 6.54 Å². The van der Waals surface area contributed by atoms with Crippen LogP contribution in [0.5, 0.6) is 0 Å². The molecule has 2 aliphatic rings. The topological polar surface area (TPSA) is 69.7 Å². The number of nitrogens with zero attached hydrogens (tertiary/aromatic N) is 2. The largest absolute Gasteiger partial charge is 0.372 e. The Balaban J connectivity index is 1.40. The highest BCUT2D eigenvalue weighted by Gasteiger charge is 2.36. The Labute approximate surface area is 179 Å². The van der Waals surface area contributed by atoms with Crippen molar-refractivity contribution < 1.29 is 14.4 Å². The van der Waals surface area contributed by atoms with Crippen LogP contribution in [0.25, 0.3) is 6.08 Å². The standard InChI is InChI=1S/C23H23N3O3S/c27-21(24-18-7-3-1-4-8-18)16-26-22(28)20(30-23(26)29)15-17-9-11-19(12-10-17)25-13-5-2-6-14-25/h1,3-4,7-12,15H,2,5-6,13-14,16H2,(H,24,27)/b20-15-. The van der Waals surface area contributed by atoms with Crippen LogP contribution in [0.15, 0.2) is 59.5 Å². The van der Waals surface area contributed by atoms with Crippen LogP contribution in [0, 0.1) is 0 Å². The molecule has 2 aliphatic heterocycles. The maximum absolute atomic E-state index is 12.7. The lowest BCUT2D eigenvalue weighted by Crippen LogP contribution is -2.36. The van der Waals surface area contributed by atoms with Crippen molar-refractivity contribution in [3.8, 4) is 0 Å². The van der Waals surface area contributed by atoms with Crippen molar-refractivity contribution in [1.29, 1.82) is 0 Å². The van der Waals surface area contributed by atoms with Gasteiger partial charge in [0.15, 0.2) is 0 Å². The van der Waals surface area contributed by atoms with E-state index < -0.39 is 17.1 Å². The van der Waals surface area contributed by atoms with Gasteiger partial charge in [-0.1, -0.05) is 30.3 Å². The minimum absolute atomic E-state index is 0.301. The molecule has 30 heavy (non-hydrogen) atoms. The minimum atomic E-state index is -0.437. The van der Waals surface area contributed by atoms with E-state index in [0.29, 0.717) is 10.6 Å². The van der Waals surface area contributed by atoms with Gasteiger partial charge >= 0.3 is 0 Å². The second-order valence-corrected chi connectivity index (χ2v) is 8.31. The maximum Gasteiger partial charge on any atom is 0.294 e. The van der Waals surface area contributed by atoms with Gasteiger partial charge in [-0.05, 0) is 66.9 Å². The fourth-order valence-corrected chi connectivity index (χ4v) is 4.43. The van der Waals surface area contributed by atoms with Crippen molar-refractivity contribution in [2.75, 3.05) is 29.9 Å². The summed E-state index contributed by atoms with van der Waals surface area (Å²) in [4.78, 5) is 40.8. The van der Waals surface area contributed by atoms with E-state index in [4.69, 9.17) is 0 Å². The molecule has 6 nitrogen and oxygen atoms in total. The number of hydrogen-bond donors (Lipinski definition) is 1. The predicted octanol–water partition coefficient (Wildman–Crippen LogP) is 4.35. The van der Waals surface area contributed by atoms with Gasteiger partial charge in [-0.3, -0.25) is 19.3 Å². The molecule has 0 spiro atoms. The SMILES string of the molecule is O=C(CN1C(=O)S/C(=C\c2ccc(N3CCCCC3)cc2)C1=O)Nc1ccccc1. The lowest BCUT2D eigenvalue weighted by atomic mass is 10.1. The van der Waals surface area contributed by atoms with Gasteiger partial charge in [-0.15, -0.1) is 0 Å². The molecule has 7 heteroatoms. The van der Waals surface area contributed by atoms with Crippen molar-refractivity contribution in [2.45, 2.75) is 19.3 Å². The first-order valence-electron chi connectivity index (χ1n) is 10.1. The lowest BCUT2D eigenvalue weighted by Gasteiger charge is -2.28. The summed E-state index contributed by atoms with van der Waals surface area (Å²) in [5, 5.41) is 2.26. The summed E-state index contributed by atoms with van der Waals surface area (Å²) in [6.07, 6.45) is 5.42. The summed E-state index contributed by atoms with van der Waals surface area (Å²) in [5.74, 6) is -0.844. The number of rotatable bonds is 5. The summed E-state index contributed by atoms with van der Waals surface area (Å²) >= 11 is 0.865. The molecule has 3 amide bonds. The van der Waals surface area contributed by atoms with E-state index in [1.165, 1.54) is 24.9 Å². The maximum atomic E-state index is 12.7. The van der Waals surface area contributed by atoms with Crippen molar-refractivity contribution in [1.82, 2.24) is 4.90 Å². The number of carbonyl (C=O) groups excluding carboxylic acids is 3. The van der Waals surface area contributed by atoms with Crippen LogP contribution in [0.2, 0.25) is 0 Å². The zero-order chi connectivity index (χ0) is 20.9. The Bertz CT molecular complexity index is 967. The molecular formula is C23H23N3O3S. The predicted molar refractivity (Wildman–Crippen MR) is 120 cm³/mol. The molecule has 1 N–H and O–H groups in total. The number of nitrogens with one attached hydrogen (secondary N) is 1. The second kappa shape index (κ2) is 9.17. The molecule has 2 aromatic carbocycles. The number of piperidine rings is 1. The van der Waals surface area contributed by atoms with E-state index in [9.17, 15) is 14.4 Å². The number of hydrogen-bond acceptors (Lipinski definition) is 5. The molecule has 0 aliphatic carbocycles. The van der Waals surface area contributed by atoms with Crippen molar-refractivity contribution in [3.63, 3.8) is 0 Å². The molecule has 2 saturated heterocycles. The molecule has 154 valence electrons. The number of amides is 3. The fourth-order valence-electron chi connectivity index (χ4n) is 3.59. The Morgan fingerprint density at radius 1 is 0.967 bits per heavy atom. The molecule has 0 unspecified atom stereocenters. The highest BCUT2D eigenvalue weighted by Crippen LogP contribution is 2.32. The third-order valence-electron chi connectivity index (χ3n) is 5.14. The molecule has 0 bridgehead atoms. The number of thioether (sulfide) groups is 1. The van der Waals surface area contributed by atoms with Gasteiger partial charge in [0.2, 0.25) is 5.91 Å². The molecule has 0 aromatic heterocycles. The summed E-state index contributed by atoms with van der Waals surface area (Å²) in [6, 6.07) is 17.0. The number of anilines is 2. The number of imide groups is 1. The van der Waals surface area contributed by atoms with E-state index in [1.807, 2.05) is 18.2 Å². The molecular weight excluding hydrogens is 398 g/mol. The molecule has 0 radical (unpaired) electrons. The average molecular weight is 422 g/mol. The van der Waals surface area contributed by atoms with E-state index in [0.717, 1.165) is 35.3 Å². The van der Waals surface area contributed by atoms with Gasteiger partial charge in [-0.25, -0.2) is 0 Å². The first-order valence-corrected chi connectivity index (χ1v) is 10.9. The Morgan fingerprint density at radius 3 is 2.37 bits per heavy atom. The molecule has 4 rings (SSSR count). The van der Waals surface area contributed by atoms with Gasteiger partial charge in [0, 0.05) is 24.5 Å². The van der Waals surface area contributed by atoms with Crippen molar-refractivity contribution in [3.05, 3.63) is 65.1 Å². The van der Waals surface area contributed by atoms with Crippen molar-refractivity contribution >= 4 is 46.3 Å². The highest BCUT2D eigenvalue weighted by molar-refractivity contribution is 8.18. The van der Waals surface area contributed by atoms with Crippen LogP contribution >= 0.6 is 11.8 Å². The first kappa shape index (κ1) is 20.2. The lowest BCUT2D eigenvalue weighted by molar-refractivity contribution is -0.127. The first-order chi connectivity index (χ1) is 14.6. The molecule has 0 atom stereocenters. The van der Waals surface area contributed by atoms with Crippen LogP contribution in [0.4, 0.5) is 16.2 Å². The van der Waals surface area contributed by atoms with Crippen LogP contribution in [-0.2, 0) is 9.59 Å². The van der Waals surface area contributed by atoms with E-state index >= 15 is 0 Å². The average Bonchev–Trinajstić information content (AvgIpc) is 3.03. The quantitative estimate of drug-likeness (QED) is 0.727. The number of para-hydroxylation sites is 1. The smallest absolute Gasteiger partial charge is 0.294 e. The monoisotopic (exact) mass is 421 g/mol. The summed E-state index contributed by atoms with van der Waals surface area (Å²) in [5.41, 5.74) is 2.66. The third-order valence-corrected chi connectivity index (χ3v) is 6.05. The number of benzene rings is 2. The molecule has 2 heterocycles. The van der Waals surface area contributed by atoms with Crippen molar-refractivity contribution in [2.24, 2.45) is 0 Å². The van der Waals surface area contributed by atoms with Gasteiger partial charge in [0.25, 0.3) is 11.1 Å². The highest BCUT2D eigenvalue weighted by atomic mass is 32.2.